The van der Waals surface area contributed by atoms with Crippen molar-refractivity contribution < 1.29 is 60.8 Å². The predicted octanol–water partition coefficient (Wildman–Crippen LogP) is 6.95. The average molecular weight is 753 g/mol. The number of nitrogens with zero attached hydrogens (tertiary/aromatic N) is 5. The molecule has 0 aliphatic carbocycles. The van der Waals surface area contributed by atoms with Crippen LogP contribution in [0.1, 0.15) is 0 Å². The van der Waals surface area contributed by atoms with Gasteiger partial charge in [0, 0.05) is 16.5 Å². The fraction of sp³-hybridized carbons (Fsp3) is 0. The third kappa shape index (κ3) is 8.06. The first-order valence-electron chi connectivity index (χ1n) is 13.6. The van der Waals surface area contributed by atoms with Crippen molar-refractivity contribution in [1.29, 1.82) is 0 Å². The van der Waals surface area contributed by atoms with Crippen LogP contribution in [0.2, 0.25) is 5.02 Å². The Hall–Kier alpha value is -5.83. The molecule has 1 radical (unpaired) electrons. The van der Waals surface area contributed by atoms with Crippen LogP contribution in [-0.4, -0.2) is 28.1 Å². The summed E-state index contributed by atoms with van der Waals surface area (Å²) in [7, 11) is -4.80. The average Bonchev–Trinajstić information content (AvgIpc) is 3.06. The molecule has 3 N–H and O–H groups in total. The van der Waals surface area contributed by atoms with Gasteiger partial charge in [-0.2, -0.15) is 18.6 Å². The van der Waals surface area contributed by atoms with Crippen LogP contribution >= 0.6 is 11.6 Å². The van der Waals surface area contributed by atoms with E-state index in [0.29, 0.717) is 5.39 Å². The Bertz CT molecular complexity index is 2450. The number of hydrogen-bond acceptors (Lipinski definition) is 13. The first kappa shape index (κ1) is 37.0. The fourth-order valence-corrected chi connectivity index (χ4v) is 5.35. The molecular weight excluding hydrogens is 734 g/mol. The van der Waals surface area contributed by atoms with E-state index in [2.05, 4.69) is 20.5 Å². The van der Waals surface area contributed by atoms with E-state index in [0.717, 1.165) is 23.6 Å². The molecule has 6 aromatic rings. The van der Waals surface area contributed by atoms with Crippen molar-refractivity contribution in [2.24, 2.45) is 20.5 Å². The van der Waals surface area contributed by atoms with Crippen molar-refractivity contribution in [3.63, 3.8) is 0 Å². The number of non-ortho nitro benzene ring substituents is 1. The van der Waals surface area contributed by atoms with Gasteiger partial charge in [0.1, 0.15) is 22.9 Å². The predicted molar refractivity (Wildman–Crippen MR) is 172 cm³/mol. The Morgan fingerprint density at radius 1 is 0.660 bits per heavy atom. The second kappa shape index (κ2) is 15.2. The molecule has 0 aliphatic rings. The summed E-state index contributed by atoms with van der Waals surface area (Å²) in [6, 6.07) is 22.8. The van der Waals surface area contributed by atoms with Gasteiger partial charge in [-0.25, -0.2) is 0 Å². The van der Waals surface area contributed by atoms with E-state index in [-0.39, 0.29) is 73.2 Å². The minimum Gasteiger partial charge on any atom is -0.872 e. The fourth-order valence-electron chi connectivity index (χ4n) is 4.46. The number of rotatable bonds is 6. The van der Waals surface area contributed by atoms with Gasteiger partial charge in [0.25, 0.3) is 15.8 Å². The van der Waals surface area contributed by atoms with Crippen molar-refractivity contribution in [3.05, 3.63) is 112 Å². The van der Waals surface area contributed by atoms with E-state index in [1.165, 1.54) is 48.5 Å². The van der Waals surface area contributed by atoms with E-state index < -0.39 is 37.1 Å². The SMILES string of the molecule is O=S(=O)(O)c1cc(Cl)cc(N=Nc2ccc3c([O-])cccc3c2[O-])c1[O-].O=[N+]([O-])c1ccc(N=Nc2c(O)ccc3ccccc23)c(O)c1.[Cr+3]. The van der Waals surface area contributed by atoms with Crippen LogP contribution in [0.25, 0.3) is 21.5 Å². The molecule has 0 fully saturated rings. The maximum atomic E-state index is 12.3. The molecule has 0 heterocycles. The number of phenols is 2. The molecule has 0 spiro atoms. The molecule has 0 atom stereocenters. The molecular formula is C32H19ClCrN5O10S. The molecule has 18 heteroatoms. The van der Waals surface area contributed by atoms with Gasteiger partial charge >= 0.3 is 17.4 Å². The minimum atomic E-state index is -4.80. The molecule has 50 heavy (non-hydrogen) atoms. The molecule has 15 nitrogen and oxygen atoms in total. The van der Waals surface area contributed by atoms with Gasteiger partial charge in [-0.1, -0.05) is 77.7 Å². The van der Waals surface area contributed by atoms with Gasteiger partial charge < -0.3 is 25.5 Å². The number of fused-ring (bicyclic) bond motifs is 2. The molecule has 0 amide bonds. The number of nitro groups is 1. The van der Waals surface area contributed by atoms with Gasteiger partial charge in [-0.15, -0.1) is 16.0 Å². The van der Waals surface area contributed by atoms with Crippen LogP contribution in [0.3, 0.4) is 0 Å². The number of phenolic OH excluding ortho intramolecular Hbond substituents is 2. The van der Waals surface area contributed by atoms with Gasteiger partial charge in [0.05, 0.1) is 27.3 Å². The van der Waals surface area contributed by atoms with E-state index in [4.69, 9.17) is 16.2 Å². The number of halogens is 1. The van der Waals surface area contributed by atoms with Crippen molar-refractivity contribution in [2.75, 3.05) is 0 Å². The number of hydrogen-bond donors (Lipinski definition) is 3. The van der Waals surface area contributed by atoms with Crippen molar-refractivity contribution in [3.8, 4) is 28.7 Å². The van der Waals surface area contributed by atoms with Crippen molar-refractivity contribution in [2.45, 2.75) is 4.90 Å². The number of aromatic hydroxyl groups is 2. The summed E-state index contributed by atoms with van der Waals surface area (Å²) in [4.78, 5) is 9.08. The molecule has 0 saturated carbocycles. The smallest absolute Gasteiger partial charge is 0.872 e. The third-order valence-corrected chi connectivity index (χ3v) is 7.88. The molecule has 6 aromatic carbocycles. The number of benzene rings is 6. The number of nitro benzene ring substituents is 1. The van der Waals surface area contributed by atoms with Gasteiger partial charge in [0.2, 0.25) is 0 Å². The van der Waals surface area contributed by atoms with Gasteiger partial charge in [-0.3, -0.25) is 14.7 Å². The Kier molecular flexibility index (Phi) is 11.2. The maximum absolute atomic E-state index is 12.3. The van der Waals surface area contributed by atoms with Crippen LogP contribution in [0, 0.1) is 10.1 Å². The summed E-state index contributed by atoms with van der Waals surface area (Å²) < 4.78 is 31.5. The monoisotopic (exact) mass is 752 g/mol. The van der Waals surface area contributed by atoms with Crippen LogP contribution < -0.4 is 15.3 Å². The molecule has 6 rings (SSSR count). The third-order valence-electron chi connectivity index (χ3n) is 6.80. The molecule has 0 bridgehead atoms. The van der Waals surface area contributed by atoms with Crippen LogP contribution in [0.15, 0.2) is 122 Å². The summed E-state index contributed by atoms with van der Waals surface area (Å²) in [5.41, 5.74) is -0.531. The first-order valence-corrected chi connectivity index (χ1v) is 15.5. The van der Waals surface area contributed by atoms with Crippen molar-refractivity contribution >= 4 is 71.7 Å². The van der Waals surface area contributed by atoms with E-state index in [1.807, 2.05) is 18.2 Å². The van der Waals surface area contributed by atoms with Gasteiger partial charge in [-0.05, 0) is 46.5 Å². The summed E-state index contributed by atoms with van der Waals surface area (Å²) in [6.45, 7) is 0. The van der Waals surface area contributed by atoms with Gasteiger partial charge in [0.15, 0.2) is 0 Å². The maximum Gasteiger partial charge on any atom is 3.00 e. The first-order chi connectivity index (χ1) is 23.2. The summed E-state index contributed by atoms with van der Waals surface area (Å²) in [5, 5.41) is 83.4. The molecule has 0 aromatic heterocycles. The second-order valence-corrected chi connectivity index (χ2v) is 11.8. The summed E-state index contributed by atoms with van der Waals surface area (Å²) in [5.74, 6) is -2.42. The molecule has 0 saturated heterocycles. The zero-order valence-electron chi connectivity index (χ0n) is 24.9. The Morgan fingerprint density at radius 2 is 1.32 bits per heavy atom. The van der Waals surface area contributed by atoms with Crippen LogP contribution in [0.5, 0.6) is 28.7 Å². The normalized spacial score (nSPS) is 11.4. The summed E-state index contributed by atoms with van der Waals surface area (Å²) in [6.07, 6.45) is 0. The summed E-state index contributed by atoms with van der Waals surface area (Å²) >= 11 is 5.72. The zero-order chi connectivity index (χ0) is 35.5. The quantitative estimate of drug-likeness (QED) is 0.0682. The molecule has 0 aliphatic heterocycles. The topological polar surface area (TPSA) is 257 Å². The van der Waals surface area contributed by atoms with Crippen LogP contribution in [-0.2, 0) is 27.5 Å². The van der Waals surface area contributed by atoms with E-state index in [9.17, 15) is 44.1 Å². The molecule has 0 unspecified atom stereocenters. The second-order valence-electron chi connectivity index (χ2n) is 9.98. The Morgan fingerprint density at radius 3 is 2.02 bits per heavy atom. The zero-order valence-corrected chi connectivity index (χ0v) is 27.7. The largest absolute Gasteiger partial charge is 3.00 e. The number of azo groups is 2. The van der Waals surface area contributed by atoms with Crippen LogP contribution in [0.4, 0.5) is 28.4 Å². The minimum absolute atomic E-state index is 0. The Labute approximate surface area is 297 Å². The van der Waals surface area contributed by atoms with E-state index in [1.54, 1.807) is 12.1 Å². The van der Waals surface area contributed by atoms with E-state index >= 15 is 0 Å². The molecule has 251 valence electrons. The Balaban J connectivity index is 0.000000222. The van der Waals surface area contributed by atoms with Crippen molar-refractivity contribution in [1.82, 2.24) is 0 Å². The standard InChI is InChI=1S/C16H11ClN2O6S.C16H11N3O4.Cr/c17-8-6-12(16(22)14(7-8)26(23,24)25)19-18-11-5-4-9-10(15(11)21)2-1-3-13(9)20;20-14-8-5-10-3-1-2-4-12(10)16(14)18-17-13-7-6-11(19(22)23)9-15(13)21;/h1-7,20-22H,(H,23,24,25);1-9,20-21H;/q;;+3/p-3.